The van der Waals surface area contributed by atoms with E-state index in [2.05, 4.69) is 44.0 Å². The molecule has 1 aliphatic carbocycles. The van der Waals surface area contributed by atoms with E-state index in [1.165, 1.54) is 36.8 Å². The Morgan fingerprint density at radius 1 is 1.28 bits per heavy atom. The molecule has 0 spiro atoms. The van der Waals surface area contributed by atoms with Crippen LogP contribution in [-0.4, -0.2) is 4.98 Å². The molecule has 0 radical (unpaired) electrons. The third-order valence-electron chi connectivity index (χ3n) is 4.45. The molecular weight excluding hydrogens is 218 g/mol. The van der Waals surface area contributed by atoms with Crippen molar-refractivity contribution >= 4 is 5.57 Å². The highest BCUT2D eigenvalue weighted by molar-refractivity contribution is 5.67. The maximum absolute atomic E-state index is 4.11. The Morgan fingerprint density at radius 2 is 2.00 bits per heavy atom. The molecule has 0 aliphatic heterocycles. The summed E-state index contributed by atoms with van der Waals surface area (Å²) in [4.78, 5) is 4.11. The zero-order valence-electron chi connectivity index (χ0n) is 11.9. The topological polar surface area (TPSA) is 12.9 Å². The van der Waals surface area contributed by atoms with Crippen LogP contribution in [0.2, 0.25) is 0 Å². The largest absolute Gasteiger partial charge is 0.265 e. The summed E-state index contributed by atoms with van der Waals surface area (Å²) in [6.07, 6.45) is 11.5. The summed E-state index contributed by atoms with van der Waals surface area (Å²) in [6, 6.07) is 4.29. The first-order chi connectivity index (χ1) is 8.74. The fourth-order valence-corrected chi connectivity index (χ4v) is 3.02. The second-order valence-corrected chi connectivity index (χ2v) is 5.71. The van der Waals surface area contributed by atoms with Crippen molar-refractivity contribution in [2.24, 2.45) is 17.8 Å². The lowest BCUT2D eigenvalue weighted by molar-refractivity contribution is 0.334. The molecule has 3 atom stereocenters. The van der Waals surface area contributed by atoms with Crippen LogP contribution in [0, 0.1) is 17.8 Å². The smallest absolute Gasteiger partial charge is 0.0273 e. The normalized spacial score (nSPS) is 24.9. The standard InChI is InChI=1S/C17H25N/c1-4-13(3)10-16-12-17(11-14(16)5-2)15-6-8-18-9-7-15/h6-9,12-14,16H,4-5,10-11H2,1-3H3/t13?,14-,16+/m1/s1. The monoisotopic (exact) mass is 243 g/mol. The minimum Gasteiger partial charge on any atom is -0.265 e. The van der Waals surface area contributed by atoms with Crippen LogP contribution in [-0.2, 0) is 0 Å². The summed E-state index contributed by atoms with van der Waals surface area (Å²) >= 11 is 0. The van der Waals surface area contributed by atoms with E-state index in [1.54, 1.807) is 0 Å². The first kappa shape index (κ1) is 13.3. The van der Waals surface area contributed by atoms with Crippen LogP contribution in [0.4, 0.5) is 0 Å². The summed E-state index contributed by atoms with van der Waals surface area (Å²) in [5.41, 5.74) is 2.91. The molecule has 1 heterocycles. The van der Waals surface area contributed by atoms with Gasteiger partial charge < -0.3 is 0 Å². The number of hydrogen-bond acceptors (Lipinski definition) is 1. The number of allylic oxidation sites excluding steroid dienone is 2. The van der Waals surface area contributed by atoms with Crippen molar-refractivity contribution in [1.82, 2.24) is 4.98 Å². The lowest BCUT2D eigenvalue weighted by Gasteiger charge is -2.20. The predicted molar refractivity (Wildman–Crippen MR) is 78.2 cm³/mol. The molecule has 0 bridgehead atoms. The van der Waals surface area contributed by atoms with Crippen LogP contribution in [0.5, 0.6) is 0 Å². The van der Waals surface area contributed by atoms with Gasteiger partial charge in [0, 0.05) is 12.4 Å². The van der Waals surface area contributed by atoms with Crippen molar-refractivity contribution in [3.05, 3.63) is 36.2 Å². The summed E-state index contributed by atoms with van der Waals surface area (Å²) in [5.74, 6) is 2.48. The first-order valence-electron chi connectivity index (χ1n) is 7.35. The fourth-order valence-electron chi connectivity index (χ4n) is 3.02. The van der Waals surface area contributed by atoms with Gasteiger partial charge in [-0.05, 0) is 53.9 Å². The molecule has 0 amide bonds. The Hall–Kier alpha value is -1.11. The maximum atomic E-state index is 4.11. The molecule has 0 aromatic carbocycles. The summed E-state index contributed by atoms with van der Waals surface area (Å²) in [6.45, 7) is 7.01. The van der Waals surface area contributed by atoms with Crippen LogP contribution < -0.4 is 0 Å². The van der Waals surface area contributed by atoms with Crippen LogP contribution in [0.15, 0.2) is 30.6 Å². The molecule has 18 heavy (non-hydrogen) atoms. The molecule has 1 aromatic heterocycles. The quantitative estimate of drug-likeness (QED) is 0.713. The molecule has 0 N–H and O–H groups in total. The summed E-state index contributed by atoms with van der Waals surface area (Å²) in [5, 5.41) is 0. The van der Waals surface area contributed by atoms with E-state index < -0.39 is 0 Å². The van der Waals surface area contributed by atoms with Gasteiger partial charge in [0.2, 0.25) is 0 Å². The van der Waals surface area contributed by atoms with Crippen molar-refractivity contribution in [3.8, 4) is 0 Å². The van der Waals surface area contributed by atoms with Gasteiger partial charge in [0.15, 0.2) is 0 Å². The van der Waals surface area contributed by atoms with E-state index >= 15 is 0 Å². The highest BCUT2D eigenvalue weighted by Gasteiger charge is 2.27. The molecule has 98 valence electrons. The Kier molecular flexibility index (Phi) is 4.57. The molecule has 1 aromatic rings. The molecule has 1 aliphatic rings. The zero-order valence-corrected chi connectivity index (χ0v) is 11.9. The Bertz CT molecular complexity index is 393. The van der Waals surface area contributed by atoms with E-state index in [0.29, 0.717) is 0 Å². The van der Waals surface area contributed by atoms with E-state index in [0.717, 1.165) is 17.8 Å². The zero-order chi connectivity index (χ0) is 13.0. The maximum Gasteiger partial charge on any atom is 0.0273 e. The number of pyridine rings is 1. The predicted octanol–water partition coefficient (Wildman–Crippen LogP) is 4.95. The number of nitrogens with zero attached hydrogens (tertiary/aromatic N) is 1. The second kappa shape index (κ2) is 6.17. The lowest BCUT2D eigenvalue weighted by atomic mass is 9.85. The first-order valence-corrected chi connectivity index (χ1v) is 7.35. The van der Waals surface area contributed by atoms with Gasteiger partial charge >= 0.3 is 0 Å². The number of aromatic nitrogens is 1. The van der Waals surface area contributed by atoms with Gasteiger partial charge in [-0.2, -0.15) is 0 Å². The van der Waals surface area contributed by atoms with Gasteiger partial charge in [-0.15, -0.1) is 0 Å². The third-order valence-corrected chi connectivity index (χ3v) is 4.45. The van der Waals surface area contributed by atoms with Gasteiger partial charge in [-0.3, -0.25) is 4.98 Å². The minimum atomic E-state index is 0.785. The third kappa shape index (κ3) is 3.01. The van der Waals surface area contributed by atoms with E-state index in [9.17, 15) is 0 Å². The summed E-state index contributed by atoms with van der Waals surface area (Å²) < 4.78 is 0. The van der Waals surface area contributed by atoms with Crippen molar-refractivity contribution in [1.29, 1.82) is 0 Å². The molecule has 1 unspecified atom stereocenters. The molecule has 1 nitrogen and oxygen atoms in total. The van der Waals surface area contributed by atoms with Crippen molar-refractivity contribution in [2.45, 2.75) is 46.5 Å². The van der Waals surface area contributed by atoms with E-state index in [1.807, 2.05) is 12.4 Å². The minimum absolute atomic E-state index is 0.785. The van der Waals surface area contributed by atoms with Crippen LogP contribution in [0.25, 0.3) is 5.57 Å². The highest BCUT2D eigenvalue weighted by atomic mass is 14.6. The Labute approximate surface area is 111 Å². The van der Waals surface area contributed by atoms with Crippen molar-refractivity contribution in [2.75, 3.05) is 0 Å². The molecule has 2 rings (SSSR count). The van der Waals surface area contributed by atoms with Gasteiger partial charge in [0.1, 0.15) is 0 Å². The molecule has 0 saturated carbocycles. The molecular formula is C17H25N. The lowest BCUT2D eigenvalue weighted by Crippen LogP contribution is -2.10. The van der Waals surface area contributed by atoms with Crippen molar-refractivity contribution in [3.63, 3.8) is 0 Å². The number of hydrogen-bond donors (Lipinski definition) is 0. The SMILES string of the molecule is CCC(C)C[C@H]1C=C(c2ccncc2)C[C@H]1CC. The van der Waals surface area contributed by atoms with Crippen LogP contribution in [0.3, 0.4) is 0 Å². The Balaban J connectivity index is 2.12. The van der Waals surface area contributed by atoms with Crippen molar-refractivity contribution < 1.29 is 0 Å². The van der Waals surface area contributed by atoms with Gasteiger partial charge in [-0.1, -0.05) is 39.7 Å². The summed E-state index contributed by atoms with van der Waals surface area (Å²) in [7, 11) is 0. The van der Waals surface area contributed by atoms with Gasteiger partial charge in [-0.25, -0.2) is 0 Å². The molecule has 0 fully saturated rings. The average molecular weight is 243 g/mol. The average Bonchev–Trinajstić information content (AvgIpc) is 2.82. The second-order valence-electron chi connectivity index (χ2n) is 5.71. The van der Waals surface area contributed by atoms with Crippen LogP contribution >= 0.6 is 0 Å². The molecule has 1 heteroatoms. The molecule has 0 saturated heterocycles. The van der Waals surface area contributed by atoms with E-state index in [-0.39, 0.29) is 0 Å². The van der Waals surface area contributed by atoms with E-state index in [4.69, 9.17) is 0 Å². The van der Waals surface area contributed by atoms with Crippen LogP contribution in [0.1, 0.15) is 52.0 Å². The fraction of sp³-hybridized carbons (Fsp3) is 0.588. The van der Waals surface area contributed by atoms with Gasteiger partial charge in [0.05, 0.1) is 0 Å². The highest BCUT2D eigenvalue weighted by Crippen LogP contribution is 2.41. The van der Waals surface area contributed by atoms with Gasteiger partial charge in [0.25, 0.3) is 0 Å². The Morgan fingerprint density at radius 3 is 2.61 bits per heavy atom. The number of rotatable bonds is 5.